The Morgan fingerprint density at radius 1 is 1.33 bits per heavy atom. The van der Waals surface area contributed by atoms with E-state index in [9.17, 15) is 4.79 Å². The van der Waals surface area contributed by atoms with Gasteiger partial charge in [-0.15, -0.1) is 0 Å². The van der Waals surface area contributed by atoms with Gasteiger partial charge in [0.15, 0.2) is 5.96 Å². The molecule has 98 valence electrons. The van der Waals surface area contributed by atoms with Crippen molar-refractivity contribution in [2.75, 3.05) is 27.7 Å². The third kappa shape index (κ3) is 4.08. The normalized spacial score (nSPS) is 10.9. The molecule has 0 spiro atoms. The summed E-state index contributed by atoms with van der Waals surface area (Å²) in [4.78, 5) is 15.3. The lowest BCUT2D eigenvalue weighted by Gasteiger charge is -2.08. The summed E-state index contributed by atoms with van der Waals surface area (Å²) < 4.78 is 4.64. The molecule has 0 aliphatic carbocycles. The minimum absolute atomic E-state index is 0.310. The molecule has 0 amide bonds. The maximum absolute atomic E-state index is 11.2. The van der Waals surface area contributed by atoms with Gasteiger partial charge in [-0.1, -0.05) is 12.1 Å². The van der Waals surface area contributed by atoms with E-state index in [1.54, 1.807) is 19.2 Å². The maximum atomic E-state index is 11.2. The molecule has 0 fully saturated rings. The number of ether oxygens (including phenoxy) is 1. The lowest BCUT2D eigenvalue weighted by molar-refractivity contribution is 0.0600. The van der Waals surface area contributed by atoms with Crippen molar-refractivity contribution in [2.45, 2.75) is 6.42 Å². The number of benzene rings is 1. The van der Waals surface area contributed by atoms with Crippen LogP contribution in [0.25, 0.3) is 0 Å². The number of nitrogens with one attached hydrogen (secondary N) is 2. The van der Waals surface area contributed by atoms with E-state index in [4.69, 9.17) is 0 Å². The van der Waals surface area contributed by atoms with Crippen molar-refractivity contribution in [2.24, 2.45) is 4.99 Å². The Balaban J connectivity index is 2.47. The van der Waals surface area contributed by atoms with E-state index in [1.807, 2.05) is 19.2 Å². The molecular weight excluding hydrogens is 230 g/mol. The summed E-state index contributed by atoms with van der Waals surface area (Å²) in [6.07, 6.45) is 0.863. The highest BCUT2D eigenvalue weighted by molar-refractivity contribution is 5.89. The summed E-state index contributed by atoms with van der Waals surface area (Å²) in [6.45, 7) is 0.783. The Morgan fingerprint density at radius 2 is 2.00 bits per heavy atom. The van der Waals surface area contributed by atoms with Crippen LogP contribution in [-0.4, -0.2) is 39.7 Å². The van der Waals surface area contributed by atoms with Gasteiger partial charge in [0.05, 0.1) is 12.7 Å². The third-order valence-electron chi connectivity index (χ3n) is 2.54. The molecule has 18 heavy (non-hydrogen) atoms. The number of guanidine groups is 1. The molecule has 0 aliphatic heterocycles. The van der Waals surface area contributed by atoms with Gasteiger partial charge in [-0.2, -0.15) is 0 Å². The molecule has 2 N–H and O–H groups in total. The average molecular weight is 249 g/mol. The maximum Gasteiger partial charge on any atom is 0.337 e. The molecule has 0 saturated carbocycles. The van der Waals surface area contributed by atoms with Gasteiger partial charge in [0.25, 0.3) is 0 Å². The van der Waals surface area contributed by atoms with E-state index < -0.39 is 0 Å². The van der Waals surface area contributed by atoms with Gasteiger partial charge in [0.1, 0.15) is 0 Å². The molecule has 0 atom stereocenters. The van der Waals surface area contributed by atoms with Crippen LogP contribution in [0.2, 0.25) is 0 Å². The number of esters is 1. The number of carbonyl (C=O) groups excluding carboxylic acids is 1. The zero-order chi connectivity index (χ0) is 13.4. The molecule has 0 radical (unpaired) electrons. The van der Waals surface area contributed by atoms with Gasteiger partial charge in [-0.05, 0) is 24.1 Å². The van der Waals surface area contributed by atoms with Crippen molar-refractivity contribution in [1.82, 2.24) is 10.6 Å². The molecule has 1 aromatic carbocycles. The molecule has 0 aromatic heterocycles. The largest absolute Gasteiger partial charge is 0.465 e. The van der Waals surface area contributed by atoms with E-state index in [2.05, 4.69) is 20.4 Å². The molecule has 1 aromatic rings. The number of rotatable bonds is 4. The highest BCUT2D eigenvalue weighted by Crippen LogP contribution is 2.05. The van der Waals surface area contributed by atoms with Gasteiger partial charge in [0, 0.05) is 20.6 Å². The van der Waals surface area contributed by atoms with Gasteiger partial charge >= 0.3 is 5.97 Å². The lowest BCUT2D eigenvalue weighted by atomic mass is 10.1. The molecule has 0 bridgehead atoms. The Kier molecular flexibility index (Phi) is 5.70. The van der Waals surface area contributed by atoms with Crippen molar-refractivity contribution < 1.29 is 9.53 Å². The van der Waals surface area contributed by atoms with Gasteiger partial charge in [-0.3, -0.25) is 4.99 Å². The quantitative estimate of drug-likeness (QED) is 0.471. The van der Waals surface area contributed by atoms with Crippen LogP contribution in [0.3, 0.4) is 0 Å². The summed E-state index contributed by atoms with van der Waals surface area (Å²) in [5, 5.41) is 6.11. The summed E-state index contributed by atoms with van der Waals surface area (Å²) >= 11 is 0. The molecule has 1 rings (SSSR count). The van der Waals surface area contributed by atoms with Crippen molar-refractivity contribution >= 4 is 11.9 Å². The Hall–Kier alpha value is -2.04. The zero-order valence-corrected chi connectivity index (χ0v) is 11.0. The third-order valence-corrected chi connectivity index (χ3v) is 2.54. The number of hydrogen-bond acceptors (Lipinski definition) is 3. The summed E-state index contributed by atoms with van der Waals surface area (Å²) in [7, 11) is 4.92. The second-order valence-corrected chi connectivity index (χ2v) is 3.69. The molecular formula is C13H19N3O2. The summed E-state index contributed by atoms with van der Waals surface area (Å²) in [6, 6.07) is 7.40. The van der Waals surface area contributed by atoms with Crippen molar-refractivity contribution in [3.63, 3.8) is 0 Å². The lowest BCUT2D eigenvalue weighted by Crippen LogP contribution is -2.35. The van der Waals surface area contributed by atoms with Gasteiger partial charge < -0.3 is 15.4 Å². The standard InChI is InChI=1S/C13H19N3O2/c1-14-13(15-2)16-9-8-10-4-6-11(7-5-10)12(17)18-3/h4-7H,8-9H2,1-3H3,(H2,14,15,16). The fourth-order valence-corrected chi connectivity index (χ4v) is 1.53. The second kappa shape index (κ2) is 7.32. The van der Waals surface area contributed by atoms with Crippen LogP contribution in [0.4, 0.5) is 0 Å². The first-order chi connectivity index (χ1) is 8.71. The van der Waals surface area contributed by atoms with Crippen LogP contribution < -0.4 is 10.6 Å². The first kappa shape index (κ1) is 14.0. The zero-order valence-electron chi connectivity index (χ0n) is 11.0. The highest BCUT2D eigenvalue weighted by atomic mass is 16.5. The average Bonchev–Trinajstić information content (AvgIpc) is 2.43. The molecule has 0 saturated heterocycles. The van der Waals surface area contributed by atoms with Crippen LogP contribution in [0.15, 0.2) is 29.3 Å². The van der Waals surface area contributed by atoms with E-state index in [1.165, 1.54) is 7.11 Å². The summed E-state index contributed by atoms with van der Waals surface area (Å²) in [5.74, 6) is 0.455. The first-order valence-electron chi connectivity index (χ1n) is 5.77. The Morgan fingerprint density at radius 3 is 2.50 bits per heavy atom. The van der Waals surface area contributed by atoms with Crippen molar-refractivity contribution in [3.05, 3.63) is 35.4 Å². The number of hydrogen-bond donors (Lipinski definition) is 2. The van der Waals surface area contributed by atoms with Crippen LogP contribution in [0, 0.1) is 0 Å². The molecule has 0 aliphatic rings. The predicted molar refractivity (Wildman–Crippen MR) is 71.9 cm³/mol. The van der Waals surface area contributed by atoms with E-state index in [0.717, 1.165) is 24.5 Å². The van der Waals surface area contributed by atoms with E-state index in [-0.39, 0.29) is 5.97 Å². The van der Waals surface area contributed by atoms with Crippen LogP contribution in [-0.2, 0) is 11.2 Å². The van der Waals surface area contributed by atoms with E-state index >= 15 is 0 Å². The summed E-state index contributed by atoms with van der Waals surface area (Å²) in [5.41, 5.74) is 1.72. The number of aliphatic imine (C=N–C) groups is 1. The molecule has 0 heterocycles. The van der Waals surface area contributed by atoms with Crippen LogP contribution >= 0.6 is 0 Å². The number of methoxy groups -OCH3 is 1. The fraction of sp³-hybridized carbons (Fsp3) is 0.385. The smallest absolute Gasteiger partial charge is 0.337 e. The molecule has 5 nitrogen and oxygen atoms in total. The predicted octanol–water partition coefficient (Wildman–Crippen LogP) is 0.810. The first-order valence-corrected chi connectivity index (χ1v) is 5.77. The topological polar surface area (TPSA) is 62.7 Å². The molecule has 5 heteroatoms. The minimum atomic E-state index is -0.310. The monoisotopic (exact) mass is 249 g/mol. The van der Waals surface area contributed by atoms with Crippen LogP contribution in [0.1, 0.15) is 15.9 Å². The minimum Gasteiger partial charge on any atom is -0.465 e. The van der Waals surface area contributed by atoms with Crippen molar-refractivity contribution in [1.29, 1.82) is 0 Å². The van der Waals surface area contributed by atoms with Crippen molar-refractivity contribution in [3.8, 4) is 0 Å². The Bertz CT molecular complexity index is 413. The van der Waals surface area contributed by atoms with Crippen LogP contribution in [0.5, 0.6) is 0 Å². The Labute approximate surface area is 107 Å². The van der Waals surface area contributed by atoms with Gasteiger partial charge in [0.2, 0.25) is 0 Å². The van der Waals surface area contributed by atoms with E-state index in [0.29, 0.717) is 5.56 Å². The SMILES string of the molecule is CN=C(NC)NCCc1ccc(C(=O)OC)cc1. The number of carbonyl (C=O) groups is 1. The fourth-order valence-electron chi connectivity index (χ4n) is 1.53. The second-order valence-electron chi connectivity index (χ2n) is 3.69. The van der Waals surface area contributed by atoms with Gasteiger partial charge in [-0.25, -0.2) is 4.79 Å². The number of nitrogens with zero attached hydrogens (tertiary/aromatic N) is 1. The molecule has 0 unspecified atom stereocenters. The highest BCUT2D eigenvalue weighted by Gasteiger charge is 2.04.